The molecule has 1 heterocycles. The summed E-state index contributed by atoms with van der Waals surface area (Å²) in [6.45, 7) is 5.19. The highest BCUT2D eigenvalue weighted by molar-refractivity contribution is 4.87. The maximum Gasteiger partial charge on any atom is 0.0758 e. The van der Waals surface area contributed by atoms with Crippen LogP contribution in [0.1, 0.15) is 39.0 Å². The van der Waals surface area contributed by atoms with Gasteiger partial charge in [0.15, 0.2) is 0 Å². The molecule has 2 aliphatic rings. The molecule has 0 aromatic heterocycles. The Bertz CT molecular complexity index is 173. The molecule has 2 nitrogen and oxygen atoms in total. The summed E-state index contributed by atoms with van der Waals surface area (Å²) < 4.78 is 0. The second-order valence-corrected chi connectivity index (χ2v) is 5.13. The minimum absolute atomic E-state index is 0.404. The molecule has 2 heteroatoms. The predicted octanol–water partition coefficient (Wildman–Crippen LogP) is 1.63. The first-order valence-electron chi connectivity index (χ1n) is 5.60. The number of nitrogens with zero attached hydrogens (tertiary/aromatic N) is 1. The molecule has 1 saturated carbocycles. The first kappa shape index (κ1) is 9.47. The van der Waals surface area contributed by atoms with Crippen LogP contribution in [0.25, 0.3) is 0 Å². The lowest BCUT2D eigenvalue weighted by atomic mass is 10.1. The zero-order chi connectivity index (χ0) is 9.31. The number of β-amino-alcohol motifs (C(OH)–C–C–N with tert-alkyl or cyclic N) is 1. The van der Waals surface area contributed by atoms with Gasteiger partial charge in [-0.25, -0.2) is 0 Å². The topological polar surface area (TPSA) is 23.5 Å². The van der Waals surface area contributed by atoms with Gasteiger partial charge in [0, 0.05) is 19.6 Å². The van der Waals surface area contributed by atoms with Crippen molar-refractivity contribution < 1.29 is 5.11 Å². The van der Waals surface area contributed by atoms with E-state index < -0.39 is 5.60 Å². The van der Waals surface area contributed by atoms with E-state index in [0.29, 0.717) is 0 Å². The molecule has 0 bridgehead atoms. The van der Waals surface area contributed by atoms with Crippen LogP contribution in [-0.4, -0.2) is 35.2 Å². The normalized spacial score (nSPS) is 37.4. The third kappa shape index (κ3) is 2.44. The third-order valence-corrected chi connectivity index (χ3v) is 3.52. The number of hydrogen-bond acceptors (Lipinski definition) is 2. The standard InChI is InChI=1S/C11H21NO/c1-11(13)6-7-12(9-11)8-10-4-2-3-5-10/h10,13H,2-9H2,1H3. The highest BCUT2D eigenvalue weighted by atomic mass is 16.3. The van der Waals surface area contributed by atoms with Crippen molar-refractivity contribution in [3.8, 4) is 0 Å². The Labute approximate surface area is 80.9 Å². The van der Waals surface area contributed by atoms with Crippen LogP contribution >= 0.6 is 0 Å². The van der Waals surface area contributed by atoms with Gasteiger partial charge in [-0.3, -0.25) is 0 Å². The van der Waals surface area contributed by atoms with Gasteiger partial charge in [0.2, 0.25) is 0 Å². The zero-order valence-electron chi connectivity index (χ0n) is 8.63. The molecule has 1 aliphatic heterocycles. The molecule has 13 heavy (non-hydrogen) atoms. The van der Waals surface area contributed by atoms with Gasteiger partial charge in [-0.1, -0.05) is 12.8 Å². The van der Waals surface area contributed by atoms with E-state index in [0.717, 1.165) is 25.4 Å². The van der Waals surface area contributed by atoms with Crippen molar-refractivity contribution in [3.63, 3.8) is 0 Å². The molecule has 1 aliphatic carbocycles. The molecular weight excluding hydrogens is 162 g/mol. The average Bonchev–Trinajstić information content (AvgIpc) is 2.61. The second kappa shape index (κ2) is 3.58. The maximum absolute atomic E-state index is 9.80. The van der Waals surface area contributed by atoms with E-state index >= 15 is 0 Å². The number of aliphatic hydroxyl groups is 1. The van der Waals surface area contributed by atoms with Crippen LogP contribution in [0.15, 0.2) is 0 Å². The lowest BCUT2D eigenvalue weighted by Gasteiger charge is -2.21. The van der Waals surface area contributed by atoms with Crippen LogP contribution in [-0.2, 0) is 0 Å². The van der Waals surface area contributed by atoms with Crippen molar-refractivity contribution in [1.82, 2.24) is 4.90 Å². The molecule has 0 radical (unpaired) electrons. The van der Waals surface area contributed by atoms with Crippen LogP contribution in [0.2, 0.25) is 0 Å². The zero-order valence-corrected chi connectivity index (χ0v) is 8.63. The van der Waals surface area contributed by atoms with Crippen LogP contribution in [0, 0.1) is 5.92 Å². The van der Waals surface area contributed by atoms with Crippen molar-refractivity contribution in [2.45, 2.75) is 44.6 Å². The summed E-state index contributed by atoms with van der Waals surface area (Å²) in [6.07, 6.45) is 6.64. The Morgan fingerprint density at radius 3 is 2.62 bits per heavy atom. The molecule has 1 unspecified atom stereocenters. The van der Waals surface area contributed by atoms with Crippen LogP contribution in [0.5, 0.6) is 0 Å². The average molecular weight is 183 g/mol. The van der Waals surface area contributed by atoms with Gasteiger partial charge < -0.3 is 10.0 Å². The van der Waals surface area contributed by atoms with E-state index in [9.17, 15) is 5.11 Å². The quantitative estimate of drug-likeness (QED) is 0.703. The summed E-state index contributed by atoms with van der Waals surface area (Å²) in [4.78, 5) is 2.44. The fourth-order valence-electron chi connectivity index (χ4n) is 2.75. The molecule has 0 aromatic rings. The van der Waals surface area contributed by atoms with E-state index in [2.05, 4.69) is 4.90 Å². The van der Waals surface area contributed by atoms with E-state index in [4.69, 9.17) is 0 Å². The number of rotatable bonds is 2. The van der Waals surface area contributed by atoms with Crippen molar-refractivity contribution in [2.24, 2.45) is 5.92 Å². The van der Waals surface area contributed by atoms with Crippen molar-refractivity contribution in [1.29, 1.82) is 0 Å². The summed E-state index contributed by atoms with van der Waals surface area (Å²) in [5, 5.41) is 9.80. The monoisotopic (exact) mass is 183 g/mol. The van der Waals surface area contributed by atoms with Gasteiger partial charge in [-0.05, 0) is 32.1 Å². The summed E-state index contributed by atoms with van der Waals surface area (Å²) in [7, 11) is 0. The Morgan fingerprint density at radius 2 is 2.08 bits per heavy atom. The second-order valence-electron chi connectivity index (χ2n) is 5.13. The molecule has 1 saturated heterocycles. The molecule has 2 rings (SSSR count). The molecule has 2 fully saturated rings. The van der Waals surface area contributed by atoms with Crippen LogP contribution < -0.4 is 0 Å². The lowest BCUT2D eigenvalue weighted by Crippen LogP contribution is -2.32. The fourth-order valence-corrected chi connectivity index (χ4v) is 2.75. The van der Waals surface area contributed by atoms with Gasteiger partial charge in [-0.15, -0.1) is 0 Å². The predicted molar refractivity (Wildman–Crippen MR) is 53.6 cm³/mol. The number of hydrogen-bond donors (Lipinski definition) is 1. The molecule has 0 spiro atoms. The summed E-state index contributed by atoms with van der Waals surface area (Å²) in [5.41, 5.74) is -0.404. The highest BCUT2D eigenvalue weighted by Gasteiger charge is 2.32. The summed E-state index contributed by atoms with van der Waals surface area (Å²) >= 11 is 0. The van der Waals surface area contributed by atoms with Crippen molar-refractivity contribution in [3.05, 3.63) is 0 Å². The highest BCUT2D eigenvalue weighted by Crippen LogP contribution is 2.28. The molecular formula is C11H21NO. The first-order valence-corrected chi connectivity index (χ1v) is 5.60. The maximum atomic E-state index is 9.80. The van der Waals surface area contributed by atoms with E-state index in [1.165, 1.54) is 32.2 Å². The molecule has 0 aromatic carbocycles. The van der Waals surface area contributed by atoms with Crippen LogP contribution in [0.3, 0.4) is 0 Å². The molecule has 1 atom stereocenters. The van der Waals surface area contributed by atoms with E-state index in [1.807, 2.05) is 6.92 Å². The minimum Gasteiger partial charge on any atom is -0.389 e. The van der Waals surface area contributed by atoms with Gasteiger partial charge in [0.05, 0.1) is 5.60 Å². The fraction of sp³-hybridized carbons (Fsp3) is 1.00. The Hall–Kier alpha value is -0.0800. The van der Waals surface area contributed by atoms with Gasteiger partial charge in [-0.2, -0.15) is 0 Å². The van der Waals surface area contributed by atoms with Gasteiger partial charge in [0.25, 0.3) is 0 Å². The molecule has 1 N–H and O–H groups in total. The smallest absolute Gasteiger partial charge is 0.0758 e. The summed E-state index contributed by atoms with van der Waals surface area (Å²) in [5.74, 6) is 0.925. The van der Waals surface area contributed by atoms with Crippen molar-refractivity contribution in [2.75, 3.05) is 19.6 Å². The molecule has 0 amide bonds. The Morgan fingerprint density at radius 1 is 1.38 bits per heavy atom. The summed E-state index contributed by atoms with van der Waals surface area (Å²) in [6, 6.07) is 0. The van der Waals surface area contributed by atoms with E-state index in [-0.39, 0.29) is 0 Å². The van der Waals surface area contributed by atoms with E-state index in [1.54, 1.807) is 0 Å². The largest absolute Gasteiger partial charge is 0.389 e. The third-order valence-electron chi connectivity index (χ3n) is 3.52. The van der Waals surface area contributed by atoms with Crippen molar-refractivity contribution >= 4 is 0 Å². The Balaban J connectivity index is 1.77. The van der Waals surface area contributed by atoms with Gasteiger partial charge in [0.1, 0.15) is 0 Å². The van der Waals surface area contributed by atoms with Crippen LogP contribution in [0.4, 0.5) is 0 Å². The first-order chi connectivity index (χ1) is 6.16. The minimum atomic E-state index is -0.404. The SMILES string of the molecule is CC1(O)CCN(CC2CCCC2)C1. The lowest BCUT2D eigenvalue weighted by molar-refractivity contribution is 0.0668. The van der Waals surface area contributed by atoms with Gasteiger partial charge >= 0.3 is 0 Å². The number of likely N-dealkylation sites (tertiary alicyclic amines) is 1. The molecule has 76 valence electrons. The Kier molecular flexibility index (Phi) is 2.61.